The predicted molar refractivity (Wildman–Crippen MR) is 71.1 cm³/mol. The van der Waals surface area contributed by atoms with Gasteiger partial charge in [-0.1, -0.05) is 30.3 Å². The van der Waals surface area contributed by atoms with Crippen molar-refractivity contribution in [3.05, 3.63) is 65.5 Å². The molecule has 1 aromatic heterocycles. The molecular formula is C15H13NO4. The smallest absolute Gasteiger partial charge is 0.357 e. The zero-order chi connectivity index (χ0) is 14.4. The molecule has 0 saturated heterocycles. The fourth-order valence-electron chi connectivity index (χ4n) is 1.55. The third-order valence-corrected chi connectivity index (χ3v) is 2.61. The normalized spacial score (nSPS) is 9.85. The lowest BCUT2D eigenvalue weighted by atomic mass is 10.2. The van der Waals surface area contributed by atoms with E-state index in [-0.39, 0.29) is 17.9 Å². The minimum absolute atomic E-state index is 0.147. The topological polar surface area (TPSA) is 65.5 Å². The molecule has 0 atom stereocenters. The Balaban J connectivity index is 1.97. The number of hydrogen-bond acceptors (Lipinski definition) is 5. The summed E-state index contributed by atoms with van der Waals surface area (Å²) in [5.74, 6) is -1.04. The van der Waals surface area contributed by atoms with Crippen molar-refractivity contribution in [3.8, 4) is 0 Å². The molecule has 1 aromatic carbocycles. The maximum absolute atomic E-state index is 11.8. The van der Waals surface area contributed by atoms with Crippen molar-refractivity contribution in [2.75, 3.05) is 7.11 Å². The summed E-state index contributed by atoms with van der Waals surface area (Å²) in [5.41, 5.74) is 1.33. The molecule has 0 aliphatic heterocycles. The van der Waals surface area contributed by atoms with Gasteiger partial charge in [0, 0.05) is 6.20 Å². The summed E-state index contributed by atoms with van der Waals surface area (Å²) in [5, 5.41) is 0. The van der Waals surface area contributed by atoms with Crippen molar-refractivity contribution in [1.82, 2.24) is 4.98 Å². The van der Waals surface area contributed by atoms with E-state index in [0.29, 0.717) is 0 Å². The lowest BCUT2D eigenvalue weighted by Gasteiger charge is -2.04. The van der Waals surface area contributed by atoms with Crippen molar-refractivity contribution >= 4 is 11.9 Å². The molecular weight excluding hydrogens is 258 g/mol. The van der Waals surface area contributed by atoms with Gasteiger partial charge in [-0.05, 0) is 17.7 Å². The summed E-state index contributed by atoms with van der Waals surface area (Å²) in [6, 6.07) is 12.2. The number of hydrogen-bond donors (Lipinski definition) is 0. The first-order valence-electron chi connectivity index (χ1n) is 5.96. The van der Waals surface area contributed by atoms with Crippen LogP contribution in [0.4, 0.5) is 0 Å². The summed E-state index contributed by atoms with van der Waals surface area (Å²) in [6.07, 6.45) is 1.28. The molecule has 20 heavy (non-hydrogen) atoms. The number of rotatable bonds is 4. The van der Waals surface area contributed by atoms with Gasteiger partial charge in [-0.25, -0.2) is 14.6 Å². The molecule has 0 fully saturated rings. The van der Waals surface area contributed by atoms with Crippen LogP contribution < -0.4 is 0 Å². The fourth-order valence-corrected chi connectivity index (χ4v) is 1.55. The first-order chi connectivity index (χ1) is 9.70. The summed E-state index contributed by atoms with van der Waals surface area (Å²) in [4.78, 5) is 26.9. The van der Waals surface area contributed by atoms with Crippen molar-refractivity contribution < 1.29 is 19.1 Å². The number of carbonyl (C=O) groups is 2. The third-order valence-electron chi connectivity index (χ3n) is 2.61. The Morgan fingerprint density at radius 3 is 2.40 bits per heavy atom. The van der Waals surface area contributed by atoms with E-state index >= 15 is 0 Å². The van der Waals surface area contributed by atoms with Gasteiger partial charge >= 0.3 is 11.9 Å². The Morgan fingerprint density at radius 1 is 1.05 bits per heavy atom. The average molecular weight is 271 g/mol. The van der Waals surface area contributed by atoms with E-state index in [2.05, 4.69) is 9.72 Å². The average Bonchev–Trinajstić information content (AvgIpc) is 2.53. The van der Waals surface area contributed by atoms with Gasteiger partial charge in [0.1, 0.15) is 12.3 Å². The number of esters is 2. The van der Waals surface area contributed by atoms with Crippen LogP contribution in [-0.2, 0) is 16.1 Å². The quantitative estimate of drug-likeness (QED) is 0.798. The number of nitrogens with zero attached hydrogens (tertiary/aromatic N) is 1. The second-order valence-corrected chi connectivity index (χ2v) is 3.99. The molecule has 0 aliphatic carbocycles. The highest BCUT2D eigenvalue weighted by atomic mass is 16.5. The van der Waals surface area contributed by atoms with Crippen molar-refractivity contribution in [2.45, 2.75) is 6.61 Å². The number of pyridine rings is 1. The first kappa shape index (κ1) is 13.7. The minimum Gasteiger partial charge on any atom is -0.465 e. The number of methoxy groups -OCH3 is 1. The monoisotopic (exact) mass is 271 g/mol. The zero-order valence-corrected chi connectivity index (χ0v) is 10.9. The van der Waals surface area contributed by atoms with Gasteiger partial charge in [-0.2, -0.15) is 0 Å². The summed E-state index contributed by atoms with van der Waals surface area (Å²) in [7, 11) is 1.28. The molecule has 2 aromatic rings. The first-order valence-corrected chi connectivity index (χ1v) is 5.96. The number of carbonyl (C=O) groups excluding carboxylic acids is 2. The van der Waals surface area contributed by atoms with Gasteiger partial charge in [0.15, 0.2) is 0 Å². The molecule has 2 rings (SSSR count). The summed E-state index contributed by atoms with van der Waals surface area (Å²) >= 11 is 0. The highest BCUT2D eigenvalue weighted by molar-refractivity contribution is 5.91. The Bertz CT molecular complexity index is 593. The van der Waals surface area contributed by atoms with Crippen molar-refractivity contribution in [1.29, 1.82) is 0 Å². The Morgan fingerprint density at radius 2 is 1.80 bits per heavy atom. The van der Waals surface area contributed by atoms with Crippen LogP contribution in [0.15, 0.2) is 48.7 Å². The molecule has 0 saturated carbocycles. The number of benzene rings is 1. The summed E-state index contributed by atoms with van der Waals surface area (Å²) in [6.45, 7) is 0.181. The molecule has 0 unspecified atom stereocenters. The largest absolute Gasteiger partial charge is 0.465 e. The molecule has 0 radical (unpaired) electrons. The van der Waals surface area contributed by atoms with E-state index in [4.69, 9.17) is 4.74 Å². The Labute approximate surface area is 116 Å². The van der Waals surface area contributed by atoms with E-state index < -0.39 is 11.9 Å². The molecule has 0 amide bonds. The second kappa shape index (κ2) is 6.47. The van der Waals surface area contributed by atoms with Crippen LogP contribution >= 0.6 is 0 Å². The molecule has 5 nitrogen and oxygen atoms in total. The lowest BCUT2D eigenvalue weighted by Crippen LogP contribution is -2.09. The minimum atomic E-state index is -0.537. The Hall–Kier alpha value is -2.69. The SMILES string of the molecule is COC(=O)c1ccc(C(=O)OCc2ccccc2)nc1. The molecule has 102 valence electrons. The lowest BCUT2D eigenvalue weighted by molar-refractivity contribution is 0.0464. The van der Waals surface area contributed by atoms with E-state index in [9.17, 15) is 9.59 Å². The highest BCUT2D eigenvalue weighted by Gasteiger charge is 2.11. The maximum Gasteiger partial charge on any atom is 0.357 e. The van der Waals surface area contributed by atoms with E-state index in [1.54, 1.807) is 0 Å². The van der Waals surface area contributed by atoms with Crippen LogP contribution in [0.5, 0.6) is 0 Å². The van der Waals surface area contributed by atoms with Crippen molar-refractivity contribution in [2.24, 2.45) is 0 Å². The molecule has 0 bridgehead atoms. The maximum atomic E-state index is 11.8. The zero-order valence-electron chi connectivity index (χ0n) is 10.9. The van der Waals surface area contributed by atoms with Crippen molar-refractivity contribution in [3.63, 3.8) is 0 Å². The van der Waals surface area contributed by atoms with Gasteiger partial charge in [0.2, 0.25) is 0 Å². The van der Waals surface area contributed by atoms with Crippen LogP contribution in [0.3, 0.4) is 0 Å². The molecule has 0 N–H and O–H groups in total. The van der Waals surface area contributed by atoms with Crippen LogP contribution in [0.1, 0.15) is 26.4 Å². The van der Waals surface area contributed by atoms with E-state index in [0.717, 1.165) is 5.56 Å². The van der Waals surface area contributed by atoms with Gasteiger partial charge < -0.3 is 9.47 Å². The fraction of sp³-hybridized carbons (Fsp3) is 0.133. The number of aromatic nitrogens is 1. The van der Waals surface area contributed by atoms with Gasteiger partial charge in [0.25, 0.3) is 0 Å². The van der Waals surface area contributed by atoms with E-state index in [1.807, 2.05) is 30.3 Å². The number of ether oxygens (including phenoxy) is 2. The molecule has 5 heteroatoms. The highest BCUT2D eigenvalue weighted by Crippen LogP contribution is 2.06. The van der Waals surface area contributed by atoms with Gasteiger partial charge in [0.05, 0.1) is 12.7 Å². The third kappa shape index (κ3) is 3.41. The van der Waals surface area contributed by atoms with Crippen LogP contribution in [0.25, 0.3) is 0 Å². The van der Waals surface area contributed by atoms with Gasteiger partial charge in [-0.3, -0.25) is 0 Å². The Kier molecular flexibility index (Phi) is 4.44. The molecule has 0 aliphatic rings. The summed E-state index contributed by atoms with van der Waals surface area (Å²) < 4.78 is 9.67. The van der Waals surface area contributed by atoms with E-state index in [1.165, 1.54) is 25.4 Å². The van der Waals surface area contributed by atoms with Gasteiger partial charge in [-0.15, -0.1) is 0 Å². The standard InChI is InChI=1S/C15H13NO4/c1-19-14(17)12-7-8-13(16-9-12)15(18)20-10-11-5-3-2-4-6-11/h2-9H,10H2,1H3. The molecule has 0 spiro atoms. The second-order valence-electron chi connectivity index (χ2n) is 3.99. The van der Waals surface area contributed by atoms with Crippen LogP contribution in [-0.4, -0.2) is 24.0 Å². The van der Waals surface area contributed by atoms with Crippen LogP contribution in [0, 0.1) is 0 Å². The predicted octanol–water partition coefficient (Wildman–Crippen LogP) is 2.23. The molecule has 1 heterocycles. The van der Waals surface area contributed by atoms with Crippen LogP contribution in [0.2, 0.25) is 0 Å².